The van der Waals surface area contributed by atoms with Crippen LogP contribution in [0.5, 0.6) is 0 Å². The van der Waals surface area contributed by atoms with Gasteiger partial charge in [-0.15, -0.1) is 0 Å². The first-order valence-corrected chi connectivity index (χ1v) is 7.06. The van der Waals surface area contributed by atoms with E-state index in [1.165, 1.54) is 44.9 Å². The van der Waals surface area contributed by atoms with Gasteiger partial charge in [0.25, 0.3) is 0 Å². The van der Waals surface area contributed by atoms with Gasteiger partial charge in [-0.05, 0) is 42.4 Å². The molecule has 0 radical (unpaired) electrons. The van der Waals surface area contributed by atoms with Crippen molar-refractivity contribution >= 4 is 0 Å². The van der Waals surface area contributed by atoms with Crippen LogP contribution < -0.4 is 0 Å². The van der Waals surface area contributed by atoms with Gasteiger partial charge in [0.15, 0.2) is 0 Å². The first kappa shape index (κ1) is 13.1. The highest BCUT2D eigenvalue weighted by Gasteiger charge is 2.52. The average Bonchev–Trinajstić information content (AvgIpc) is 2.20. The smallest absolute Gasteiger partial charge is 0.0287 e. The third-order valence-corrected chi connectivity index (χ3v) is 4.87. The molecule has 0 aliphatic heterocycles. The molecule has 0 aromatic rings. The predicted octanol–water partition coefficient (Wildman–Crippen LogP) is 5.42. The van der Waals surface area contributed by atoms with Crippen LogP contribution in [0.3, 0.4) is 0 Å². The summed E-state index contributed by atoms with van der Waals surface area (Å²) >= 11 is 0. The number of hydrogen-bond donors (Lipinski definition) is 0. The van der Waals surface area contributed by atoms with E-state index >= 15 is 0 Å². The van der Waals surface area contributed by atoms with Crippen molar-refractivity contribution in [1.82, 2.24) is 0 Å². The molecular weight excluding hydrogens is 180 g/mol. The molecule has 0 unspecified atom stereocenters. The minimum Gasteiger partial charge on any atom is -0.0683 e. The summed E-state index contributed by atoms with van der Waals surface area (Å²) in [6, 6.07) is 0. The van der Waals surface area contributed by atoms with Crippen molar-refractivity contribution in [1.29, 1.82) is 0 Å². The van der Waals surface area contributed by atoms with Gasteiger partial charge in [-0.25, -0.2) is 0 Å². The molecule has 0 heterocycles. The highest BCUT2D eigenvalue weighted by molar-refractivity contribution is 5.03. The zero-order valence-corrected chi connectivity index (χ0v) is 11.5. The Bertz CT molecular complexity index is 176. The molecule has 0 saturated heterocycles. The largest absolute Gasteiger partial charge is 0.0683 e. The zero-order chi connectivity index (χ0) is 11.5. The highest BCUT2D eigenvalue weighted by Crippen LogP contribution is 2.63. The summed E-state index contributed by atoms with van der Waals surface area (Å²) in [4.78, 5) is 0. The van der Waals surface area contributed by atoms with Crippen LogP contribution in [-0.4, -0.2) is 0 Å². The molecule has 0 heteroatoms. The fourth-order valence-electron chi connectivity index (χ4n) is 3.73. The second-order valence-corrected chi connectivity index (χ2v) is 6.22. The van der Waals surface area contributed by atoms with Crippen LogP contribution in [-0.2, 0) is 0 Å². The lowest BCUT2D eigenvalue weighted by Crippen LogP contribution is -2.48. The molecule has 15 heavy (non-hydrogen) atoms. The van der Waals surface area contributed by atoms with E-state index in [0.29, 0.717) is 5.41 Å². The lowest BCUT2D eigenvalue weighted by atomic mass is 9.46. The van der Waals surface area contributed by atoms with Crippen molar-refractivity contribution in [3.8, 4) is 0 Å². The van der Waals surface area contributed by atoms with Gasteiger partial charge in [0, 0.05) is 0 Å². The maximum atomic E-state index is 2.50. The van der Waals surface area contributed by atoms with Gasteiger partial charge in [-0.3, -0.25) is 0 Å². The number of hydrogen-bond acceptors (Lipinski definition) is 0. The van der Waals surface area contributed by atoms with E-state index < -0.39 is 0 Å². The normalized spacial score (nSPS) is 26.8. The van der Waals surface area contributed by atoms with Crippen molar-refractivity contribution < 1.29 is 0 Å². The second kappa shape index (κ2) is 4.89. The summed E-state index contributed by atoms with van der Waals surface area (Å²) in [6.07, 6.45) is 10.6. The van der Waals surface area contributed by atoms with Crippen LogP contribution in [0.2, 0.25) is 0 Å². The Kier molecular flexibility index (Phi) is 4.26. The van der Waals surface area contributed by atoms with Gasteiger partial charge in [-0.2, -0.15) is 0 Å². The van der Waals surface area contributed by atoms with Crippen LogP contribution in [0, 0.1) is 16.7 Å². The summed E-state index contributed by atoms with van der Waals surface area (Å²) in [5.74, 6) is 0.889. The Balaban J connectivity index is 0.000000531. The molecule has 0 aromatic heterocycles. The monoisotopic (exact) mass is 210 g/mol. The van der Waals surface area contributed by atoms with Crippen LogP contribution in [0.25, 0.3) is 0 Å². The molecule has 0 bridgehead atoms. The molecule has 2 aliphatic rings. The van der Waals surface area contributed by atoms with Crippen LogP contribution in [0.1, 0.15) is 79.6 Å². The minimum absolute atomic E-state index is 0.692. The standard InChI is InChI=1S/C13H24.C2H6/c1-11(2)12(3)9-13(10-12)7-5-4-6-8-13;1-2/h11H,4-10H2,1-3H3;1-2H3. The van der Waals surface area contributed by atoms with Crippen molar-refractivity contribution in [2.45, 2.75) is 79.6 Å². The number of rotatable bonds is 1. The van der Waals surface area contributed by atoms with Crippen molar-refractivity contribution in [3.63, 3.8) is 0 Å². The molecule has 2 rings (SSSR count). The van der Waals surface area contributed by atoms with Gasteiger partial charge in [0.05, 0.1) is 0 Å². The maximum absolute atomic E-state index is 2.50. The molecule has 2 fully saturated rings. The van der Waals surface area contributed by atoms with E-state index in [1.54, 1.807) is 0 Å². The summed E-state index contributed by atoms with van der Waals surface area (Å²) in [7, 11) is 0. The van der Waals surface area contributed by atoms with E-state index in [0.717, 1.165) is 11.3 Å². The SMILES string of the molecule is CC.CC(C)C1(C)CC2(CCCCC2)C1. The zero-order valence-electron chi connectivity index (χ0n) is 11.5. The van der Waals surface area contributed by atoms with E-state index in [9.17, 15) is 0 Å². The van der Waals surface area contributed by atoms with Gasteiger partial charge < -0.3 is 0 Å². The van der Waals surface area contributed by atoms with Crippen LogP contribution in [0.15, 0.2) is 0 Å². The minimum atomic E-state index is 0.692. The summed E-state index contributed by atoms with van der Waals surface area (Å²) < 4.78 is 0. The fraction of sp³-hybridized carbons (Fsp3) is 1.00. The Morgan fingerprint density at radius 2 is 1.33 bits per heavy atom. The van der Waals surface area contributed by atoms with Crippen LogP contribution >= 0.6 is 0 Å². The Labute approximate surface area is 96.8 Å². The molecule has 2 aliphatic carbocycles. The molecule has 0 nitrogen and oxygen atoms in total. The van der Waals surface area contributed by atoms with Gasteiger partial charge in [0.2, 0.25) is 0 Å². The van der Waals surface area contributed by atoms with Crippen molar-refractivity contribution in [2.75, 3.05) is 0 Å². The highest BCUT2D eigenvalue weighted by atomic mass is 14.6. The Hall–Kier alpha value is 0. The quantitative estimate of drug-likeness (QED) is 0.542. The van der Waals surface area contributed by atoms with Gasteiger partial charge >= 0.3 is 0 Å². The van der Waals surface area contributed by atoms with E-state index in [2.05, 4.69) is 20.8 Å². The Morgan fingerprint density at radius 1 is 0.867 bits per heavy atom. The maximum Gasteiger partial charge on any atom is -0.0287 e. The molecule has 90 valence electrons. The lowest BCUT2D eigenvalue weighted by molar-refractivity contribution is -0.0826. The third kappa shape index (κ3) is 2.57. The first-order chi connectivity index (χ1) is 7.06. The molecule has 2 saturated carbocycles. The van der Waals surface area contributed by atoms with Gasteiger partial charge in [0.1, 0.15) is 0 Å². The predicted molar refractivity (Wildman–Crippen MR) is 69.0 cm³/mol. The molecule has 1 spiro atoms. The van der Waals surface area contributed by atoms with Crippen molar-refractivity contribution in [2.24, 2.45) is 16.7 Å². The average molecular weight is 210 g/mol. The van der Waals surface area contributed by atoms with E-state index in [4.69, 9.17) is 0 Å². The summed E-state index contributed by atoms with van der Waals surface area (Å²) in [5, 5.41) is 0. The Morgan fingerprint density at radius 3 is 1.73 bits per heavy atom. The second-order valence-electron chi connectivity index (χ2n) is 6.22. The first-order valence-electron chi connectivity index (χ1n) is 7.06. The fourth-order valence-corrected chi connectivity index (χ4v) is 3.73. The topological polar surface area (TPSA) is 0 Å². The molecule has 0 atom stereocenters. The summed E-state index contributed by atoms with van der Waals surface area (Å²) in [5.41, 5.74) is 1.51. The summed E-state index contributed by atoms with van der Waals surface area (Å²) in [6.45, 7) is 11.3. The van der Waals surface area contributed by atoms with Crippen LogP contribution in [0.4, 0.5) is 0 Å². The lowest BCUT2D eigenvalue weighted by Gasteiger charge is -2.59. The molecular formula is C15H30. The molecule has 0 amide bonds. The third-order valence-electron chi connectivity index (χ3n) is 4.87. The van der Waals surface area contributed by atoms with Crippen molar-refractivity contribution in [3.05, 3.63) is 0 Å². The van der Waals surface area contributed by atoms with E-state index in [1.807, 2.05) is 13.8 Å². The van der Waals surface area contributed by atoms with E-state index in [-0.39, 0.29) is 0 Å². The van der Waals surface area contributed by atoms with Gasteiger partial charge in [-0.1, -0.05) is 53.9 Å². The molecule has 0 aromatic carbocycles. The molecule has 0 N–H and O–H groups in total.